The number of hydrogen-bond acceptors (Lipinski definition) is 13. The highest BCUT2D eigenvalue weighted by atomic mass is 16.7. The van der Waals surface area contributed by atoms with Gasteiger partial charge < -0.3 is 65.1 Å². The van der Waals surface area contributed by atoms with Crippen molar-refractivity contribution in [1.82, 2.24) is 5.32 Å². The van der Waals surface area contributed by atoms with Gasteiger partial charge in [0, 0.05) is 6.42 Å². The Balaban J connectivity index is 1.94. The van der Waals surface area contributed by atoms with E-state index in [9.17, 15) is 45.6 Å². The molecule has 0 aromatic heterocycles. The lowest BCUT2D eigenvalue weighted by molar-refractivity contribution is -0.359. The predicted octanol–water partition coefficient (Wildman–Crippen LogP) is -0.0839. The molecule has 0 aromatic carbocycles. The summed E-state index contributed by atoms with van der Waals surface area (Å²) >= 11 is 0. The van der Waals surface area contributed by atoms with Gasteiger partial charge >= 0.3 is 0 Å². The highest BCUT2D eigenvalue weighted by molar-refractivity contribution is 5.76. The molecule has 12 atom stereocenters. The molecule has 1 amide bonds. The molecular weight excluding hydrogens is 618 g/mol. The minimum absolute atomic E-state index is 0.223. The molecule has 2 aliphatic rings. The molecule has 2 rings (SSSR count). The topological polar surface area (TPSA) is 228 Å². The molecule has 14 heteroatoms. The van der Waals surface area contributed by atoms with E-state index in [-0.39, 0.29) is 18.9 Å². The average Bonchev–Trinajstić information content (AvgIpc) is 3.06. The minimum Gasteiger partial charge on any atom is -0.394 e. The fourth-order valence-electron chi connectivity index (χ4n) is 5.46. The van der Waals surface area contributed by atoms with E-state index in [0.29, 0.717) is 12.8 Å². The first-order chi connectivity index (χ1) is 22.6. The summed E-state index contributed by atoms with van der Waals surface area (Å²) in [4.78, 5) is 12.4. The van der Waals surface area contributed by atoms with Crippen LogP contribution in [-0.4, -0.2) is 140 Å². The molecule has 0 saturated carbocycles. The summed E-state index contributed by atoms with van der Waals surface area (Å²) in [5.41, 5.74) is 0. The number of carbonyl (C=O) groups excluding carboxylic acids is 1. The van der Waals surface area contributed by atoms with E-state index in [0.717, 1.165) is 12.8 Å². The average molecular weight is 678 g/mol. The fourth-order valence-corrected chi connectivity index (χ4v) is 5.46. The number of unbranched alkanes of at least 4 members (excludes halogenated alkanes) is 7. The largest absolute Gasteiger partial charge is 0.394 e. The molecule has 9 N–H and O–H groups in total. The number of carbonyl (C=O) groups is 1. The van der Waals surface area contributed by atoms with Gasteiger partial charge in [-0.05, 0) is 32.1 Å². The van der Waals surface area contributed by atoms with E-state index in [1.807, 2.05) is 13.0 Å². The van der Waals surface area contributed by atoms with Gasteiger partial charge in [-0.15, -0.1) is 0 Å². The Labute approximate surface area is 278 Å². The maximum absolute atomic E-state index is 12.4. The Morgan fingerprint density at radius 2 is 1.36 bits per heavy atom. The molecule has 0 bridgehead atoms. The Hall–Kier alpha value is -1.53. The van der Waals surface area contributed by atoms with Crippen LogP contribution in [-0.2, 0) is 23.7 Å². The first-order valence-corrected chi connectivity index (χ1v) is 17.1. The molecule has 0 spiro atoms. The quantitative estimate of drug-likeness (QED) is 0.0540. The molecule has 47 heavy (non-hydrogen) atoms. The summed E-state index contributed by atoms with van der Waals surface area (Å²) in [6.07, 6.45) is 1.53. The van der Waals surface area contributed by atoms with Crippen molar-refractivity contribution in [1.29, 1.82) is 0 Å². The van der Waals surface area contributed by atoms with Crippen LogP contribution in [0.4, 0.5) is 0 Å². The summed E-state index contributed by atoms with van der Waals surface area (Å²) < 4.78 is 22.2. The van der Waals surface area contributed by atoms with Gasteiger partial charge in [-0.3, -0.25) is 4.79 Å². The molecule has 0 aliphatic carbocycles. The van der Waals surface area contributed by atoms with Crippen LogP contribution in [0.15, 0.2) is 24.3 Å². The van der Waals surface area contributed by atoms with Crippen molar-refractivity contribution in [3.8, 4) is 0 Å². The van der Waals surface area contributed by atoms with Crippen molar-refractivity contribution in [2.45, 2.75) is 158 Å². The molecule has 2 saturated heterocycles. The second-order valence-electron chi connectivity index (χ2n) is 12.3. The van der Waals surface area contributed by atoms with Crippen LogP contribution in [0.1, 0.15) is 84.5 Å². The van der Waals surface area contributed by atoms with E-state index in [1.165, 1.54) is 38.5 Å². The summed E-state index contributed by atoms with van der Waals surface area (Å²) in [6.45, 7) is 2.30. The van der Waals surface area contributed by atoms with E-state index in [2.05, 4.69) is 24.4 Å². The van der Waals surface area contributed by atoms with Crippen LogP contribution in [0.25, 0.3) is 0 Å². The molecule has 14 nitrogen and oxygen atoms in total. The lowest BCUT2D eigenvalue weighted by Gasteiger charge is -2.46. The van der Waals surface area contributed by atoms with E-state index >= 15 is 0 Å². The smallest absolute Gasteiger partial charge is 0.220 e. The van der Waals surface area contributed by atoms with Crippen molar-refractivity contribution in [3.63, 3.8) is 0 Å². The number of hydrogen-bond donors (Lipinski definition) is 9. The van der Waals surface area contributed by atoms with Crippen molar-refractivity contribution in [2.75, 3.05) is 19.8 Å². The molecule has 12 unspecified atom stereocenters. The zero-order valence-corrected chi connectivity index (χ0v) is 27.8. The number of nitrogens with one attached hydrogen (secondary N) is 1. The summed E-state index contributed by atoms with van der Waals surface area (Å²) in [5.74, 6) is -0.308. The van der Waals surface area contributed by atoms with E-state index < -0.39 is 86.8 Å². The van der Waals surface area contributed by atoms with Crippen molar-refractivity contribution < 1.29 is 64.6 Å². The van der Waals surface area contributed by atoms with Crippen molar-refractivity contribution in [3.05, 3.63) is 24.3 Å². The lowest BCUT2D eigenvalue weighted by atomic mass is 9.97. The number of ether oxygens (including phenoxy) is 4. The van der Waals surface area contributed by atoms with Gasteiger partial charge in [0.05, 0.1) is 32.0 Å². The van der Waals surface area contributed by atoms with Gasteiger partial charge in [0.1, 0.15) is 48.8 Å². The minimum atomic E-state index is -1.78. The number of amides is 1. The first kappa shape index (κ1) is 41.6. The Bertz CT molecular complexity index is 904. The number of rotatable bonds is 22. The predicted molar refractivity (Wildman–Crippen MR) is 171 cm³/mol. The van der Waals surface area contributed by atoms with Gasteiger partial charge in [-0.25, -0.2) is 0 Å². The standard InChI is InChI=1S/C33H59NO13/c1-3-5-6-7-8-9-10-11-12-13-14-15-17-22(37)21(34-25(38)16-4-2)20-44-32-30(43)28(41)31(24(19-36)46-32)47-33-29(42)27(40)26(39)23(18-35)45-33/h11-12,15,17,21-24,26-33,35-37,39-43H,3-10,13-14,16,18-20H2,1-2H3,(H,34,38)/b12-11+,17-15+. The maximum Gasteiger partial charge on any atom is 0.220 e. The normalized spacial score (nSPS) is 33.0. The summed E-state index contributed by atoms with van der Waals surface area (Å²) in [5, 5.41) is 85.0. The molecule has 0 radical (unpaired) electrons. The van der Waals surface area contributed by atoms with Crippen LogP contribution >= 0.6 is 0 Å². The second kappa shape index (κ2) is 23.0. The maximum atomic E-state index is 12.4. The molecule has 2 heterocycles. The fraction of sp³-hybridized carbons (Fsp3) is 0.848. The van der Waals surface area contributed by atoms with Gasteiger partial charge in [0.15, 0.2) is 12.6 Å². The number of aliphatic hydroxyl groups excluding tert-OH is 8. The summed E-state index contributed by atoms with van der Waals surface area (Å²) in [7, 11) is 0. The third-order valence-corrected chi connectivity index (χ3v) is 8.36. The van der Waals surface area contributed by atoms with Crippen LogP contribution in [0.5, 0.6) is 0 Å². The van der Waals surface area contributed by atoms with E-state index in [4.69, 9.17) is 18.9 Å². The third-order valence-electron chi connectivity index (χ3n) is 8.36. The van der Waals surface area contributed by atoms with Crippen LogP contribution < -0.4 is 5.32 Å². The van der Waals surface area contributed by atoms with Crippen LogP contribution in [0, 0.1) is 0 Å². The monoisotopic (exact) mass is 677 g/mol. The Kier molecular flexibility index (Phi) is 20.4. The Morgan fingerprint density at radius 1 is 0.745 bits per heavy atom. The molecule has 2 fully saturated rings. The van der Waals surface area contributed by atoms with Crippen molar-refractivity contribution in [2.24, 2.45) is 0 Å². The zero-order chi connectivity index (χ0) is 34.8. The van der Waals surface area contributed by atoms with Gasteiger partial charge in [-0.2, -0.15) is 0 Å². The highest BCUT2D eigenvalue weighted by Gasteiger charge is 2.50. The van der Waals surface area contributed by atoms with Crippen LogP contribution in [0.3, 0.4) is 0 Å². The molecule has 0 aromatic rings. The van der Waals surface area contributed by atoms with E-state index in [1.54, 1.807) is 6.08 Å². The highest BCUT2D eigenvalue weighted by Crippen LogP contribution is 2.29. The molecule has 2 aliphatic heterocycles. The van der Waals surface area contributed by atoms with Crippen LogP contribution in [0.2, 0.25) is 0 Å². The van der Waals surface area contributed by atoms with Crippen molar-refractivity contribution >= 4 is 5.91 Å². The number of allylic oxidation sites excluding steroid dienone is 3. The summed E-state index contributed by atoms with van der Waals surface area (Å²) in [6, 6.07) is -0.919. The van der Waals surface area contributed by atoms with Gasteiger partial charge in [-0.1, -0.05) is 70.3 Å². The second-order valence-corrected chi connectivity index (χ2v) is 12.3. The number of aliphatic hydroxyl groups is 8. The molecular formula is C33H59NO13. The zero-order valence-electron chi connectivity index (χ0n) is 27.8. The Morgan fingerprint density at radius 3 is 2.04 bits per heavy atom. The van der Waals surface area contributed by atoms with Gasteiger partial charge in [0.25, 0.3) is 0 Å². The first-order valence-electron chi connectivity index (χ1n) is 17.1. The SMILES string of the molecule is CCCCCCCC/C=C/CC/C=C/C(O)C(COC1OC(CO)C(OC2OC(CO)C(O)C(O)C2O)C(O)C1O)NC(=O)CCC. The van der Waals surface area contributed by atoms with Gasteiger partial charge in [0.2, 0.25) is 5.91 Å². The lowest BCUT2D eigenvalue weighted by Crippen LogP contribution is -2.65. The third kappa shape index (κ3) is 13.7. The molecule has 274 valence electrons.